The van der Waals surface area contributed by atoms with Crippen LogP contribution in [-0.4, -0.2) is 32.4 Å². The molecule has 4 nitrogen and oxygen atoms in total. The van der Waals surface area contributed by atoms with Gasteiger partial charge in [0.1, 0.15) is 5.56 Å². The summed E-state index contributed by atoms with van der Waals surface area (Å²) in [6, 6.07) is 7.30. The normalized spacial score (nSPS) is 12.4. The lowest BCUT2D eigenvalue weighted by Gasteiger charge is -2.06. The van der Waals surface area contributed by atoms with Crippen molar-refractivity contribution in [3.8, 4) is 5.69 Å². The summed E-state index contributed by atoms with van der Waals surface area (Å²) in [4.78, 5) is 11.7. The van der Waals surface area contributed by atoms with Crippen molar-refractivity contribution >= 4 is 29.3 Å². The first-order valence-electron chi connectivity index (χ1n) is 7.10. The van der Waals surface area contributed by atoms with Crippen LogP contribution in [0.25, 0.3) is 5.69 Å². The van der Waals surface area contributed by atoms with Gasteiger partial charge in [0, 0.05) is 16.7 Å². The molecule has 0 aliphatic rings. The number of halogens is 1. The number of benzene rings is 1. The molecule has 0 amide bonds. The maximum absolute atomic E-state index is 11.7. The Morgan fingerprint density at radius 1 is 1.50 bits per heavy atom. The number of aromatic carboxylic acids is 1. The van der Waals surface area contributed by atoms with Gasteiger partial charge in [-0.3, -0.25) is 0 Å². The zero-order chi connectivity index (χ0) is 16.3. The predicted octanol–water partition coefficient (Wildman–Crippen LogP) is 4.08. The first-order valence-corrected chi connectivity index (χ1v) is 8.77. The van der Waals surface area contributed by atoms with Crippen LogP contribution in [0.4, 0.5) is 0 Å². The summed E-state index contributed by atoms with van der Waals surface area (Å²) in [7, 11) is 0. The lowest BCUT2D eigenvalue weighted by atomic mass is 10.1. The van der Waals surface area contributed by atoms with Crippen LogP contribution in [0.1, 0.15) is 35.6 Å². The predicted molar refractivity (Wildman–Crippen MR) is 91.6 cm³/mol. The molecule has 0 aliphatic heterocycles. The van der Waals surface area contributed by atoms with Gasteiger partial charge in [-0.2, -0.15) is 16.9 Å². The standard InChI is InChI=1S/C16H19ClN2O2S/c1-4-14-15(16(20)21)13(8-10(2)22-3)18-19(14)12-7-5-6-11(17)9-12/h5-7,9-10H,4,8H2,1-3H3,(H,20,21). The van der Waals surface area contributed by atoms with Crippen LogP contribution < -0.4 is 0 Å². The SMILES string of the molecule is CCc1c(C(=O)O)c(CC(C)SC)nn1-c1cccc(Cl)c1. The Kier molecular flexibility index (Phi) is 5.53. The van der Waals surface area contributed by atoms with Crippen molar-refractivity contribution in [2.75, 3.05) is 6.26 Å². The number of thioether (sulfide) groups is 1. The Labute approximate surface area is 139 Å². The highest BCUT2D eigenvalue weighted by atomic mass is 35.5. The van der Waals surface area contributed by atoms with E-state index < -0.39 is 5.97 Å². The van der Waals surface area contributed by atoms with Gasteiger partial charge in [0.05, 0.1) is 17.1 Å². The molecule has 0 spiro atoms. The summed E-state index contributed by atoms with van der Waals surface area (Å²) < 4.78 is 1.71. The van der Waals surface area contributed by atoms with Gasteiger partial charge in [-0.1, -0.05) is 31.5 Å². The number of rotatable bonds is 6. The second-order valence-electron chi connectivity index (χ2n) is 5.07. The molecule has 0 saturated heterocycles. The summed E-state index contributed by atoms with van der Waals surface area (Å²) in [6.07, 6.45) is 3.23. The molecule has 1 unspecified atom stereocenters. The molecule has 0 fully saturated rings. The van der Waals surface area contributed by atoms with Gasteiger partial charge in [0.2, 0.25) is 0 Å². The lowest BCUT2D eigenvalue weighted by Crippen LogP contribution is -2.08. The summed E-state index contributed by atoms with van der Waals surface area (Å²) in [5.41, 5.74) is 2.45. The molecule has 22 heavy (non-hydrogen) atoms. The molecule has 0 saturated carbocycles. The van der Waals surface area contributed by atoms with Crippen LogP contribution in [0.2, 0.25) is 5.02 Å². The third kappa shape index (κ3) is 3.47. The lowest BCUT2D eigenvalue weighted by molar-refractivity contribution is 0.0694. The molecule has 6 heteroatoms. The average molecular weight is 339 g/mol. The van der Waals surface area contributed by atoms with Crippen molar-refractivity contribution in [2.24, 2.45) is 0 Å². The van der Waals surface area contributed by atoms with Crippen molar-refractivity contribution in [2.45, 2.75) is 31.9 Å². The van der Waals surface area contributed by atoms with E-state index in [4.69, 9.17) is 11.6 Å². The van der Waals surface area contributed by atoms with Gasteiger partial charge in [0.25, 0.3) is 0 Å². The minimum absolute atomic E-state index is 0.311. The average Bonchev–Trinajstić information content (AvgIpc) is 2.85. The van der Waals surface area contributed by atoms with E-state index in [-0.39, 0.29) is 0 Å². The highest BCUT2D eigenvalue weighted by molar-refractivity contribution is 7.99. The monoisotopic (exact) mass is 338 g/mol. The summed E-state index contributed by atoms with van der Waals surface area (Å²) in [6.45, 7) is 4.01. The largest absolute Gasteiger partial charge is 0.478 e. The topological polar surface area (TPSA) is 55.1 Å². The van der Waals surface area contributed by atoms with E-state index in [1.807, 2.05) is 25.3 Å². The summed E-state index contributed by atoms with van der Waals surface area (Å²) in [5, 5.41) is 15.1. The van der Waals surface area contributed by atoms with Gasteiger partial charge < -0.3 is 5.11 Å². The van der Waals surface area contributed by atoms with Crippen LogP contribution >= 0.6 is 23.4 Å². The third-order valence-corrected chi connectivity index (χ3v) is 4.74. The molecule has 2 rings (SSSR count). The van der Waals surface area contributed by atoms with E-state index in [1.54, 1.807) is 28.6 Å². The van der Waals surface area contributed by atoms with Gasteiger partial charge >= 0.3 is 5.97 Å². The zero-order valence-electron chi connectivity index (χ0n) is 12.8. The van der Waals surface area contributed by atoms with Crippen molar-refractivity contribution in [3.05, 3.63) is 46.2 Å². The number of hydrogen-bond donors (Lipinski definition) is 1. The second kappa shape index (κ2) is 7.20. The summed E-state index contributed by atoms with van der Waals surface area (Å²) >= 11 is 7.74. The van der Waals surface area contributed by atoms with Gasteiger partial charge in [-0.25, -0.2) is 9.48 Å². The molecule has 2 aromatic rings. The van der Waals surface area contributed by atoms with E-state index >= 15 is 0 Å². The highest BCUT2D eigenvalue weighted by Gasteiger charge is 2.24. The number of nitrogens with zero attached hydrogens (tertiary/aromatic N) is 2. The molecule has 1 aromatic heterocycles. The Balaban J connectivity index is 2.59. The van der Waals surface area contributed by atoms with E-state index in [0.717, 1.165) is 5.69 Å². The molecule has 1 N–H and O–H groups in total. The van der Waals surface area contributed by atoms with Crippen LogP contribution in [0.3, 0.4) is 0 Å². The van der Waals surface area contributed by atoms with Crippen molar-refractivity contribution in [1.29, 1.82) is 0 Å². The van der Waals surface area contributed by atoms with Crippen LogP contribution in [0, 0.1) is 0 Å². The quantitative estimate of drug-likeness (QED) is 0.862. The second-order valence-corrected chi connectivity index (χ2v) is 6.78. The van der Waals surface area contributed by atoms with Crippen LogP contribution in [0.15, 0.2) is 24.3 Å². The maximum atomic E-state index is 11.7. The fourth-order valence-electron chi connectivity index (χ4n) is 2.40. The molecule has 1 heterocycles. The molecule has 0 radical (unpaired) electrons. The fraction of sp³-hybridized carbons (Fsp3) is 0.375. The fourth-order valence-corrected chi connectivity index (χ4v) is 2.91. The van der Waals surface area contributed by atoms with E-state index in [0.29, 0.717) is 40.1 Å². The number of carboxylic acid groups (broad SMARTS) is 1. The number of carbonyl (C=O) groups is 1. The Bertz CT molecular complexity index is 685. The van der Waals surface area contributed by atoms with E-state index in [1.165, 1.54) is 0 Å². The molecule has 118 valence electrons. The molecule has 0 bridgehead atoms. The minimum Gasteiger partial charge on any atom is -0.478 e. The van der Waals surface area contributed by atoms with Gasteiger partial charge in [-0.15, -0.1) is 0 Å². The third-order valence-electron chi connectivity index (χ3n) is 3.54. The van der Waals surface area contributed by atoms with Crippen LogP contribution in [0.5, 0.6) is 0 Å². The Hall–Kier alpha value is -1.46. The van der Waals surface area contributed by atoms with Crippen molar-refractivity contribution in [1.82, 2.24) is 9.78 Å². The molecular formula is C16H19ClN2O2S. The molecule has 1 aromatic carbocycles. The first kappa shape index (κ1) is 16.9. The van der Waals surface area contributed by atoms with Gasteiger partial charge in [-0.05, 0) is 30.9 Å². The maximum Gasteiger partial charge on any atom is 0.339 e. The van der Waals surface area contributed by atoms with E-state index in [9.17, 15) is 9.90 Å². The minimum atomic E-state index is -0.923. The molecule has 1 atom stereocenters. The number of aromatic nitrogens is 2. The molecule has 0 aliphatic carbocycles. The van der Waals surface area contributed by atoms with E-state index in [2.05, 4.69) is 12.0 Å². The van der Waals surface area contributed by atoms with Crippen LogP contribution in [-0.2, 0) is 12.8 Å². The Morgan fingerprint density at radius 2 is 2.23 bits per heavy atom. The van der Waals surface area contributed by atoms with Crippen molar-refractivity contribution < 1.29 is 9.90 Å². The highest BCUT2D eigenvalue weighted by Crippen LogP contribution is 2.24. The zero-order valence-corrected chi connectivity index (χ0v) is 14.4. The number of hydrogen-bond acceptors (Lipinski definition) is 3. The number of carboxylic acids is 1. The summed E-state index contributed by atoms with van der Waals surface area (Å²) in [5.74, 6) is -0.923. The Morgan fingerprint density at radius 3 is 2.77 bits per heavy atom. The first-order chi connectivity index (χ1) is 10.5. The molecular weight excluding hydrogens is 320 g/mol. The smallest absolute Gasteiger partial charge is 0.339 e. The van der Waals surface area contributed by atoms with Gasteiger partial charge in [0.15, 0.2) is 0 Å². The van der Waals surface area contributed by atoms with Crippen molar-refractivity contribution in [3.63, 3.8) is 0 Å².